The smallest absolute Gasteiger partial charge is 0.133 e. The molecular weight excluding hydrogens is 300 g/mol. The van der Waals surface area contributed by atoms with Crippen molar-refractivity contribution in [1.82, 2.24) is 4.98 Å². The van der Waals surface area contributed by atoms with Crippen LogP contribution >= 0.6 is 15.9 Å². The van der Waals surface area contributed by atoms with Gasteiger partial charge in [-0.2, -0.15) is 0 Å². The minimum Gasteiger partial charge on any atom is -0.359 e. The standard InChI is InChI=1S/C16H19BrN2/c1-19(11-12-5-4-6-12)16-14(10-17)9-13-7-2-3-8-15(13)18-16/h2-3,7-9,12H,4-6,10-11H2,1H3. The van der Waals surface area contributed by atoms with Crippen LogP contribution in [-0.4, -0.2) is 18.6 Å². The predicted octanol–water partition coefficient (Wildman–Crippen LogP) is 4.37. The van der Waals surface area contributed by atoms with Crippen LogP contribution in [-0.2, 0) is 5.33 Å². The van der Waals surface area contributed by atoms with E-state index in [0.29, 0.717) is 0 Å². The second-order valence-corrected chi connectivity index (χ2v) is 6.04. The highest BCUT2D eigenvalue weighted by molar-refractivity contribution is 9.08. The van der Waals surface area contributed by atoms with E-state index >= 15 is 0 Å². The zero-order valence-corrected chi connectivity index (χ0v) is 12.9. The number of aromatic nitrogens is 1. The van der Waals surface area contributed by atoms with Crippen LogP contribution in [0.1, 0.15) is 24.8 Å². The number of pyridine rings is 1. The summed E-state index contributed by atoms with van der Waals surface area (Å²) in [4.78, 5) is 7.18. The van der Waals surface area contributed by atoms with Crippen LogP contribution in [0.3, 0.4) is 0 Å². The van der Waals surface area contributed by atoms with Gasteiger partial charge in [0.05, 0.1) is 5.52 Å². The fourth-order valence-electron chi connectivity index (χ4n) is 2.73. The summed E-state index contributed by atoms with van der Waals surface area (Å²) < 4.78 is 0. The van der Waals surface area contributed by atoms with E-state index in [1.807, 2.05) is 0 Å². The summed E-state index contributed by atoms with van der Waals surface area (Å²) in [5, 5.41) is 2.08. The molecule has 3 rings (SSSR count). The molecule has 1 aromatic heterocycles. The van der Waals surface area contributed by atoms with Crippen molar-refractivity contribution in [3.8, 4) is 0 Å². The van der Waals surface area contributed by atoms with Crippen molar-refractivity contribution >= 4 is 32.7 Å². The molecule has 1 saturated carbocycles. The van der Waals surface area contributed by atoms with Gasteiger partial charge in [0, 0.05) is 29.9 Å². The predicted molar refractivity (Wildman–Crippen MR) is 85.0 cm³/mol. The van der Waals surface area contributed by atoms with Gasteiger partial charge in [0.15, 0.2) is 0 Å². The molecule has 0 amide bonds. The maximum Gasteiger partial charge on any atom is 0.133 e. The average molecular weight is 319 g/mol. The number of nitrogens with zero attached hydrogens (tertiary/aromatic N) is 2. The molecule has 0 saturated heterocycles. The lowest BCUT2D eigenvalue weighted by Crippen LogP contribution is -2.30. The Kier molecular flexibility index (Phi) is 3.74. The third-order valence-corrected chi connectivity index (χ3v) is 4.65. The Morgan fingerprint density at radius 3 is 2.79 bits per heavy atom. The minimum atomic E-state index is 0.856. The molecule has 0 bridgehead atoms. The van der Waals surface area contributed by atoms with Gasteiger partial charge in [-0.15, -0.1) is 0 Å². The van der Waals surface area contributed by atoms with E-state index < -0.39 is 0 Å². The Balaban J connectivity index is 1.95. The van der Waals surface area contributed by atoms with Crippen LogP contribution in [0.2, 0.25) is 0 Å². The van der Waals surface area contributed by atoms with Crippen molar-refractivity contribution in [2.45, 2.75) is 24.6 Å². The van der Waals surface area contributed by atoms with Gasteiger partial charge in [-0.05, 0) is 30.9 Å². The summed E-state index contributed by atoms with van der Waals surface area (Å²) in [5.41, 5.74) is 2.36. The van der Waals surface area contributed by atoms with E-state index in [1.54, 1.807) is 0 Å². The largest absolute Gasteiger partial charge is 0.359 e. The van der Waals surface area contributed by atoms with Crippen LogP contribution < -0.4 is 4.90 Å². The monoisotopic (exact) mass is 318 g/mol. The maximum atomic E-state index is 4.85. The Hall–Kier alpha value is -1.09. The second kappa shape index (κ2) is 5.49. The number of benzene rings is 1. The number of alkyl halides is 1. The zero-order valence-electron chi connectivity index (χ0n) is 11.3. The highest BCUT2D eigenvalue weighted by Gasteiger charge is 2.21. The maximum absolute atomic E-state index is 4.85. The number of hydrogen-bond donors (Lipinski definition) is 0. The van der Waals surface area contributed by atoms with E-state index in [4.69, 9.17) is 4.98 Å². The summed E-state index contributed by atoms with van der Waals surface area (Å²) in [7, 11) is 2.17. The van der Waals surface area contributed by atoms with Gasteiger partial charge >= 0.3 is 0 Å². The summed E-state index contributed by atoms with van der Waals surface area (Å²) in [6, 6.07) is 10.6. The second-order valence-electron chi connectivity index (χ2n) is 5.47. The molecule has 2 aromatic rings. The van der Waals surface area contributed by atoms with Gasteiger partial charge in [0.25, 0.3) is 0 Å². The molecule has 0 radical (unpaired) electrons. The molecule has 0 unspecified atom stereocenters. The molecule has 19 heavy (non-hydrogen) atoms. The topological polar surface area (TPSA) is 16.1 Å². The highest BCUT2D eigenvalue weighted by Crippen LogP contribution is 2.30. The fraction of sp³-hybridized carbons (Fsp3) is 0.438. The molecule has 1 aliphatic rings. The van der Waals surface area contributed by atoms with E-state index in [1.165, 1.54) is 30.2 Å². The molecule has 1 fully saturated rings. The van der Waals surface area contributed by atoms with Crippen molar-refractivity contribution in [3.63, 3.8) is 0 Å². The van der Waals surface area contributed by atoms with Crippen molar-refractivity contribution in [2.24, 2.45) is 5.92 Å². The van der Waals surface area contributed by atoms with E-state index in [-0.39, 0.29) is 0 Å². The van der Waals surface area contributed by atoms with Crippen molar-refractivity contribution in [1.29, 1.82) is 0 Å². The van der Waals surface area contributed by atoms with Crippen LogP contribution in [0.5, 0.6) is 0 Å². The van der Waals surface area contributed by atoms with Crippen LogP contribution in [0.25, 0.3) is 10.9 Å². The summed E-state index contributed by atoms with van der Waals surface area (Å²) in [6.45, 7) is 1.13. The van der Waals surface area contributed by atoms with E-state index in [0.717, 1.165) is 29.1 Å². The lowest BCUT2D eigenvalue weighted by atomic mass is 9.85. The lowest BCUT2D eigenvalue weighted by Gasteiger charge is -2.31. The van der Waals surface area contributed by atoms with Crippen molar-refractivity contribution in [3.05, 3.63) is 35.9 Å². The van der Waals surface area contributed by atoms with Gasteiger partial charge in [-0.25, -0.2) is 4.98 Å². The molecule has 0 N–H and O–H groups in total. The Bertz CT molecular complexity index is 578. The Morgan fingerprint density at radius 1 is 1.32 bits per heavy atom. The van der Waals surface area contributed by atoms with Gasteiger partial charge in [0.2, 0.25) is 0 Å². The third kappa shape index (κ3) is 2.62. The number of para-hydroxylation sites is 1. The lowest BCUT2D eigenvalue weighted by molar-refractivity contribution is 0.321. The Labute approximate surface area is 123 Å². The molecule has 100 valence electrons. The van der Waals surface area contributed by atoms with Crippen molar-refractivity contribution < 1.29 is 0 Å². The number of anilines is 1. The first-order valence-electron chi connectivity index (χ1n) is 6.93. The first-order chi connectivity index (χ1) is 9.28. The molecule has 0 aliphatic heterocycles. The zero-order chi connectivity index (χ0) is 13.2. The third-order valence-electron chi connectivity index (χ3n) is 4.04. The van der Waals surface area contributed by atoms with Crippen molar-refractivity contribution in [2.75, 3.05) is 18.5 Å². The van der Waals surface area contributed by atoms with Gasteiger partial charge in [-0.1, -0.05) is 40.5 Å². The van der Waals surface area contributed by atoms with Crippen LogP contribution in [0.4, 0.5) is 5.82 Å². The van der Waals surface area contributed by atoms with Gasteiger partial charge < -0.3 is 4.90 Å². The normalized spacial score (nSPS) is 15.5. The Morgan fingerprint density at radius 2 is 2.11 bits per heavy atom. The first kappa shape index (κ1) is 12.9. The molecule has 1 heterocycles. The molecule has 1 aliphatic carbocycles. The first-order valence-corrected chi connectivity index (χ1v) is 8.06. The average Bonchev–Trinajstić information content (AvgIpc) is 2.41. The highest BCUT2D eigenvalue weighted by atomic mass is 79.9. The molecule has 3 heteroatoms. The molecule has 0 spiro atoms. The quantitative estimate of drug-likeness (QED) is 0.778. The van der Waals surface area contributed by atoms with Crippen LogP contribution in [0, 0.1) is 5.92 Å². The number of fused-ring (bicyclic) bond motifs is 1. The van der Waals surface area contributed by atoms with Gasteiger partial charge in [0.1, 0.15) is 5.82 Å². The fourth-order valence-corrected chi connectivity index (χ4v) is 3.14. The van der Waals surface area contributed by atoms with E-state index in [9.17, 15) is 0 Å². The molecule has 0 atom stereocenters. The summed E-state index contributed by atoms with van der Waals surface area (Å²) in [5.74, 6) is 1.99. The summed E-state index contributed by atoms with van der Waals surface area (Å²) >= 11 is 3.59. The number of rotatable bonds is 4. The SMILES string of the molecule is CN(CC1CCC1)c1nc2ccccc2cc1CBr. The number of hydrogen-bond acceptors (Lipinski definition) is 2. The van der Waals surface area contributed by atoms with Crippen LogP contribution in [0.15, 0.2) is 30.3 Å². The molecule has 1 aromatic carbocycles. The molecular formula is C16H19BrN2. The summed E-state index contributed by atoms with van der Waals surface area (Å²) in [6.07, 6.45) is 4.15. The van der Waals surface area contributed by atoms with E-state index in [2.05, 4.69) is 58.2 Å². The van der Waals surface area contributed by atoms with Gasteiger partial charge in [-0.3, -0.25) is 0 Å². The number of halogens is 1. The molecule has 2 nitrogen and oxygen atoms in total. The minimum absolute atomic E-state index is 0.856.